The number of alkyl halides is 3. The maximum atomic E-state index is 12.6. The molecule has 2 aromatic heterocycles. The Morgan fingerprint density at radius 1 is 1.26 bits per heavy atom. The van der Waals surface area contributed by atoms with Crippen LogP contribution in [0.25, 0.3) is 0 Å². The highest BCUT2D eigenvalue weighted by molar-refractivity contribution is 5.47. The van der Waals surface area contributed by atoms with E-state index in [4.69, 9.17) is 4.42 Å². The topological polar surface area (TPSA) is 63.0 Å². The van der Waals surface area contributed by atoms with E-state index in [0.717, 1.165) is 0 Å². The van der Waals surface area contributed by atoms with Crippen LogP contribution in [-0.4, -0.2) is 17.0 Å². The Labute approximate surface area is 106 Å². The lowest BCUT2D eigenvalue weighted by molar-refractivity contribution is -0.144. The van der Waals surface area contributed by atoms with Gasteiger partial charge in [-0.1, -0.05) is 0 Å². The monoisotopic (exact) mass is 272 g/mol. The number of nitrogens with zero attached hydrogens (tertiary/aromatic N) is 2. The molecule has 0 spiro atoms. The fraction of sp³-hybridized carbons (Fsp3) is 0.273. The number of hydrogen-bond donors (Lipinski definition) is 2. The maximum absolute atomic E-state index is 12.6. The zero-order chi connectivity index (χ0) is 13.9. The Hall–Kier alpha value is -2.25. The molecule has 2 heterocycles. The second-order valence-corrected chi connectivity index (χ2v) is 3.64. The van der Waals surface area contributed by atoms with Gasteiger partial charge in [0, 0.05) is 13.1 Å². The van der Waals surface area contributed by atoms with Gasteiger partial charge in [-0.2, -0.15) is 13.2 Å². The highest BCUT2D eigenvalue weighted by Gasteiger charge is 2.35. The van der Waals surface area contributed by atoms with Crippen LogP contribution in [0.4, 0.5) is 24.8 Å². The molecular weight excluding hydrogens is 261 g/mol. The summed E-state index contributed by atoms with van der Waals surface area (Å²) in [5.41, 5.74) is 0. The molecule has 0 aliphatic heterocycles. The second-order valence-electron chi connectivity index (χ2n) is 3.64. The third kappa shape index (κ3) is 3.36. The lowest BCUT2D eigenvalue weighted by Crippen LogP contribution is -2.14. The number of rotatable bonds is 4. The standard InChI is InChI=1S/C11H11F3N4O/c1-15-8-5-9(16-6-7-3-2-4-19-7)18-10(17-8)11(12,13)14/h2-5H,6H2,1H3,(H2,15,16,17,18). The van der Waals surface area contributed by atoms with Crippen molar-refractivity contribution in [1.82, 2.24) is 9.97 Å². The molecule has 0 saturated heterocycles. The molecule has 0 radical (unpaired) electrons. The smallest absolute Gasteiger partial charge is 0.451 e. The largest absolute Gasteiger partial charge is 0.467 e. The van der Waals surface area contributed by atoms with E-state index in [9.17, 15) is 13.2 Å². The molecular formula is C11H11F3N4O. The van der Waals surface area contributed by atoms with Gasteiger partial charge in [0.2, 0.25) is 5.82 Å². The molecule has 102 valence electrons. The zero-order valence-corrected chi connectivity index (χ0v) is 9.95. The lowest BCUT2D eigenvalue weighted by atomic mass is 10.4. The summed E-state index contributed by atoms with van der Waals surface area (Å²) in [7, 11) is 1.48. The summed E-state index contributed by atoms with van der Waals surface area (Å²) in [6, 6.07) is 4.78. The Morgan fingerprint density at radius 3 is 2.58 bits per heavy atom. The number of aromatic nitrogens is 2. The quantitative estimate of drug-likeness (QED) is 0.896. The molecule has 5 nitrogen and oxygen atoms in total. The molecule has 0 aliphatic rings. The molecule has 19 heavy (non-hydrogen) atoms. The average molecular weight is 272 g/mol. The summed E-state index contributed by atoms with van der Waals surface area (Å²) in [5, 5.41) is 5.31. The summed E-state index contributed by atoms with van der Waals surface area (Å²) in [6.07, 6.45) is -3.11. The first-order valence-electron chi connectivity index (χ1n) is 5.39. The fourth-order valence-electron chi connectivity index (χ4n) is 1.38. The van der Waals surface area contributed by atoms with Crippen LogP contribution in [0.15, 0.2) is 28.9 Å². The van der Waals surface area contributed by atoms with Crippen LogP contribution in [-0.2, 0) is 12.7 Å². The van der Waals surface area contributed by atoms with Gasteiger partial charge >= 0.3 is 6.18 Å². The molecule has 0 aromatic carbocycles. The molecule has 2 N–H and O–H groups in total. The zero-order valence-electron chi connectivity index (χ0n) is 9.95. The molecule has 2 rings (SSSR count). The highest BCUT2D eigenvalue weighted by atomic mass is 19.4. The van der Waals surface area contributed by atoms with E-state index in [-0.39, 0.29) is 18.2 Å². The summed E-state index contributed by atoms with van der Waals surface area (Å²) in [6.45, 7) is 0.241. The van der Waals surface area contributed by atoms with Crippen LogP contribution in [0.5, 0.6) is 0 Å². The molecule has 0 unspecified atom stereocenters. The highest BCUT2D eigenvalue weighted by Crippen LogP contribution is 2.28. The summed E-state index contributed by atoms with van der Waals surface area (Å²) in [4.78, 5) is 6.78. The van der Waals surface area contributed by atoms with E-state index in [2.05, 4.69) is 20.6 Å². The maximum Gasteiger partial charge on any atom is 0.451 e. The normalized spacial score (nSPS) is 11.4. The van der Waals surface area contributed by atoms with Gasteiger partial charge in [0.1, 0.15) is 17.4 Å². The van der Waals surface area contributed by atoms with Crippen LogP contribution in [0.2, 0.25) is 0 Å². The van der Waals surface area contributed by atoms with E-state index in [0.29, 0.717) is 5.76 Å². The third-order valence-electron chi connectivity index (χ3n) is 2.26. The van der Waals surface area contributed by atoms with E-state index in [1.54, 1.807) is 12.1 Å². The van der Waals surface area contributed by atoms with Crippen molar-refractivity contribution in [2.45, 2.75) is 12.7 Å². The predicted molar refractivity (Wildman–Crippen MR) is 62.6 cm³/mol. The lowest BCUT2D eigenvalue weighted by Gasteiger charge is -2.10. The Kier molecular flexibility index (Phi) is 3.59. The van der Waals surface area contributed by atoms with Gasteiger partial charge in [-0.3, -0.25) is 0 Å². The number of anilines is 2. The van der Waals surface area contributed by atoms with Crippen molar-refractivity contribution in [1.29, 1.82) is 0 Å². The third-order valence-corrected chi connectivity index (χ3v) is 2.26. The predicted octanol–water partition coefficient (Wildman–Crippen LogP) is 2.74. The van der Waals surface area contributed by atoms with Crippen molar-refractivity contribution in [2.24, 2.45) is 0 Å². The van der Waals surface area contributed by atoms with Crippen molar-refractivity contribution in [3.05, 3.63) is 36.0 Å². The number of furan rings is 1. The van der Waals surface area contributed by atoms with E-state index in [1.165, 1.54) is 19.4 Å². The fourth-order valence-corrected chi connectivity index (χ4v) is 1.38. The molecule has 0 amide bonds. The van der Waals surface area contributed by atoms with Crippen LogP contribution in [0.1, 0.15) is 11.6 Å². The molecule has 0 saturated carbocycles. The van der Waals surface area contributed by atoms with Crippen molar-refractivity contribution in [3.8, 4) is 0 Å². The van der Waals surface area contributed by atoms with Crippen LogP contribution < -0.4 is 10.6 Å². The molecule has 0 aliphatic carbocycles. The minimum Gasteiger partial charge on any atom is -0.467 e. The minimum atomic E-state index is -4.59. The van der Waals surface area contributed by atoms with Gasteiger partial charge in [0.25, 0.3) is 0 Å². The summed E-state index contributed by atoms with van der Waals surface area (Å²) in [5.74, 6) is -0.438. The van der Waals surface area contributed by atoms with Gasteiger partial charge in [-0.15, -0.1) is 0 Å². The Bertz CT molecular complexity index is 539. The van der Waals surface area contributed by atoms with Crippen molar-refractivity contribution < 1.29 is 17.6 Å². The van der Waals surface area contributed by atoms with E-state index in [1.807, 2.05) is 0 Å². The number of halogens is 3. The first kappa shape index (κ1) is 13.2. The van der Waals surface area contributed by atoms with E-state index >= 15 is 0 Å². The van der Waals surface area contributed by atoms with Gasteiger partial charge in [0.15, 0.2) is 0 Å². The van der Waals surface area contributed by atoms with Crippen molar-refractivity contribution in [3.63, 3.8) is 0 Å². The number of nitrogens with one attached hydrogen (secondary N) is 2. The first-order chi connectivity index (χ1) is 8.99. The Morgan fingerprint density at radius 2 is 2.00 bits per heavy atom. The molecule has 2 aromatic rings. The van der Waals surface area contributed by atoms with Crippen molar-refractivity contribution >= 4 is 11.6 Å². The van der Waals surface area contributed by atoms with Gasteiger partial charge in [-0.25, -0.2) is 9.97 Å². The number of hydrogen-bond acceptors (Lipinski definition) is 5. The van der Waals surface area contributed by atoms with E-state index < -0.39 is 12.0 Å². The molecule has 8 heteroatoms. The van der Waals surface area contributed by atoms with Crippen LogP contribution in [0.3, 0.4) is 0 Å². The minimum absolute atomic E-state index is 0.0723. The molecule has 0 bridgehead atoms. The second kappa shape index (κ2) is 5.17. The van der Waals surface area contributed by atoms with Crippen molar-refractivity contribution in [2.75, 3.05) is 17.7 Å². The van der Waals surface area contributed by atoms with Gasteiger partial charge < -0.3 is 15.1 Å². The summed E-state index contributed by atoms with van der Waals surface area (Å²) < 4.78 is 42.9. The van der Waals surface area contributed by atoms with Gasteiger partial charge in [-0.05, 0) is 12.1 Å². The SMILES string of the molecule is CNc1cc(NCc2ccco2)nc(C(F)(F)F)n1. The Balaban J connectivity index is 2.19. The molecule has 0 atom stereocenters. The van der Waals surface area contributed by atoms with Crippen LogP contribution >= 0.6 is 0 Å². The summed E-state index contributed by atoms with van der Waals surface area (Å²) >= 11 is 0. The molecule has 0 fully saturated rings. The first-order valence-corrected chi connectivity index (χ1v) is 5.39. The van der Waals surface area contributed by atoms with Crippen LogP contribution in [0, 0.1) is 0 Å². The van der Waals surface area contributed by atoms with Gasteiger partial charge in [0.05, 0.1) is 12.8 Å². The average Bonchev–Trinajstić information content (AvgIpc) is 2.88.